The number of anilines is 3. The van der Waals surface area contributed by atoms with Crippen molar-refractivity contribution in [3.05, 3.63) is 24.4 Å². The number of nitrogens with zero attached hydrogens (tertiary/aromatic N) is 5. The molecule has 0 saturated carbocycles. The Labute approximate surface area is 146 Å². The lowest BCUT2D eigenvalue weighted by atomic mass is 10.1. The largest absolute Gasteiger partial charge is 0.383 e. The van der Waals surface area contributed by atoms with Gasteiger partial charge in [-0.25, -0.2) is 9.97 Å². The van der Waals surface area contributed by atoms with E-state index in [4.69, 9.17) is 25.2 Å². The van der Waals surface area contributed by atoms with Crippen LogP contribution in [-0.4, -0.2) is 67.6 Å². The van der Waals surface area contributed by atoms with E-state index < -0.39 is 0 Å². The highest BCUT2D eigenvalue weighted by atomic mass is 16.5. The molecule has 0 atom stereocenters. The van der Waals surface area contributed by atoms with Crippen molar-refractivity contribution in [2.24, 2.45) is 0 Å². The zero-order valence-electron chi connectivity index (χ0n) is 14.1. The van der Waals surface area contributed by atoms with E-state index >= 15 is 0 Å². The summed E-state index contributed by atoms with van der Waals surface area (Å²) in [5.41, 5.74) is 7.69. The van der Waals surface area contributed by atoms with E-state index in [9.17, 15) is 0 Å². The van der Waals surface area contributed by atoms with Gasteiger partial charge in [-0.15, -0.1) is 0 Å². The van der Waals surface area contributed by atoms with Gasteiger partial charge in [0.1, 0.15) is 11.6 Å². The summed E-state index contributed by atoms with van der Waals surface area (Å²) in [4.78, 5) is 18.1. The number of nitrogen functional groups attached to an aromatic ring is 1. The zero-order valence-corrected chi connectivity index (χ0v) is 14.1. The maximum absolute atomic E-state index is 6.07. The molecule has 0 aliphatic carbocycles. The van der Waals surface area contributed by atoms with Crippen LogP contribution in [0.25, 0.3) is 11.3 Å². The van der Waals surface area contributed by atoms with Crippen LogP contribution in [-0.2, 0) is 9.47 Å². The molecule has 0 spiro atoms. The monoisotopic (exact) mass is 342 g/mol. The van der Waals surface area contributed by atoms with Crippen molar-refractivity contribution in [3.63, 3.8) is 0 Å². The molecular weight excluding hydrogens is 320 g/mol. The van der Waals surface area contributed by atoms with Gasteiger partial charge in [-0.1, -0.05) is 0 Å². The molecule has 0 radical (unpaired) electrons. The Bertz CT molecular complexity index is 693. The van der Waals surface area contributed by atoms with Crippen LogP contribution in [0.1, 0.15) is 0 Å². The third-order valence-electron chi connectivity index (χ3n) is 4.44. The lowest BCUT2D eigenvalue weighted by molar-refractivity contribution is 0.121. The molecule has 2 saturated heterocycles. The Morgan fingerprint density at radius 2 is 1.60 bits per heavy atom. The van der Waals surface area contributed by atoms with Crippen molar-refractivity contribution in [3.8, 4) is 11.3 Å². The first-order valence-corrected chi connectivity index (χ1v) is 8.56. The predicted octanol–water partition coefficient (Wildman–Crippen LogP) is 0.794. The van der Waals surface area contributed by atoms with Gasteiger partial charge in [0.2, 0.25) is 5.95 Å². The van der Waals surface area contributed by atoms with Crippen molar-refractivity contribution in [2.75, 3.05) is 68.1 Å². The summed E-state index contributed by atoms with van der Waals surface area (Å²) in [7, 11) is 0. The van der Waals surface area contributed by atoms with Gasteiger partial charge in [0.25, 0.3) is 0 Å². The summed E-state index contributed by atoms with van der Waals surface area (Å²) < 4.78 is 10.9. The van der Waals surface area contributed by atoms with E-state index in [2.05, 4.69) is 14.8 Å². The Hall–Kier alpha value is -2.45. The molecule has 2 aliphatic rings. The van der Waals surface area contributed by atoms with E-state index in [0.29, 0.717) is 38.2 Å². The quantitative estimate of drug-likeness (QED) is 0.876. The van der Waals surface area contributed by atoms with Gasteiger partial charge in [-0.3, -0.25) is 0 Å². The molecule has 2 aromatic rings. The summed E-state index contributed by atoms with van der Waals surface area (Å²) in [6, 6.07) is 5.80. The summed E-state index contributed by atoms with van der Waals surface area (Å²) in [6.07, 6.45) is 1.69. The minimum atomic E-state index is 0.474. The molecule has 2 N–H and O–H groups in total. The number of hydrogen-bond acceptors (Lipinski definition) is 8. The molecule has 132 valence electrons. The first-order valence-electron chi connectivity index (χ1n) is 8.56. The van der Waals surface area contributed by atoms with Gasteiger partial charge in [0, 0.05) is 44.0 Å². The molecule has 2 aliphatic heterocycles. The van der Waals surface area contributed by atoms with Crippen LogP contribution in [0, 0.1) is 0 Å². The highest BCUT2D eigenvalue weighted by molar-refractivity contribution is 5.73. The number of pyridine rings is 1. The van der Waals surface area contributed by atoms with Crippen molar-refractivity contribution >= 4 is 17.6 Å². The van der Waals surface area contributed by atoms with Crippen LogP contribution >= 0.6 is 0 Å². The highest BCUT2D eigenvalue weighted by Gasteiger charge is 2.20. The molecule has 8 nitrogen and oxygen atoms in total. The number of nitrogens with two attached hydrogens (primary N) is 1. The van der Waals surface area contributed by atoms with Gasteiger partial charge >= 0.3 is 0 Å². The maximum atomic E-state index is 6.07. The molecule has 4 rings (SSSR count). The van der Waals surface area contributed by atoms with Gasteiger partial charge in [0.15, 0.2) is 0 Å². The normalized spacial score (nSPS) is 18.4. The lowest BCUT2D eigenvalue weighted by Crippen LogP contribution is -2.39. The minimum Gasteiger partial charge on any atom is -0.383 e. The van der Waals surface area contributed by atoms with Crippen molar-refractivity contribution in [2.45, 2.75) is 0 Å². The number of morpholine rings is 2. The van der Waals surface area contributed by atoms with E-state index in [1.54, 1.807) is 6.20 Å². The fraction of sp³-hybridized carbons (Fsp3) is 0.471. The topological polar surface area (TPSA) is 89.6 Å². The molecule has 0 unspecified atom stereocenters. The van der Waals surface area contributed by atoms with Gasteiger partial charge in [0.05, 0.1) is 32.1 Å². The first-order chi connectivity index (χ1) is 12.3. The average Bonchev–Trinajstić information content (AvgIpc) is 2.69. The van der Waals surface area contributed by atoms with Gasteiger partial charge in [-0.05, 0) is 12.1 Å². The van der Waals surface area contributed by atoms with E-state index in [0.717, 1.165) is 43.3 Å². The van der Waals surface area contributed by atoms with Crippen LogP contribution in [0.2, 0.25) is 0 Å². The molecule has 25 heavy (non-hydrogen) atoms. The second kappa shape index (κ2) is 7.20. The van der Waals surface area contributed by atoms with Crippen LogP contribution in [0.5, 0.6) is 0 Å². The SMILES string of the molecule is Nc1ncccc1-c1cc(N2CCOCC2)nc(N2CCOCC2)n1. The fourth-order valence-electron chi connectivity index (χ4n) is 3.05. The molecule has 2 aromatic heterocycles. The van der Waals surface area contributed by atoms with Crippen molar-refractivity contribution in [1.82, 2.24) is 15.0 Å². The summed E-state index contributed by atoms with van der Waals surface area (Å²) in [6.45, 7) is 6.01. The fourth-order valence-corrected chi connectivity index (χ4v) is 3.05. The van der Waals surface area contributed by atoms with Gasteiger partial charge in [-0.2, -0.15) is 4.98 Å². The second-order valence-corrected chi connectivity index (χ2v) is 6.05. The van der Waals surface area contributed by atoms with Crippen molar-refractivity contribution < 1.29 is 9.47 Å². The Balaban J connectivity index is 1.75. The lowest BCUT2D eigenvalue weighted by Gasteiger charge is -2.31. The number of hydrogen-bond donors (Lipinski definition) is 1. The maximum Gasteiger partial charge on any atom is 0.228 e. The third kappa shape index (κ3) is 3.49. The van der Waals surface area contributed by atoms with Crippen LogP contribution in [0.15, 0.2) is 24.4 Å². The molecule has 4 heterocycles. The number of ether oxygens (including phenoxy) is 2. The van der Waals surface area contributed by atoms with Crippen LogP contribution < -0.4 is 15.5 Å². The minimum absolute atomic E-state index is 0.474. The standard InChI is InChI=1S/C17H22N6O2/c18-16-13(2-1-3-19-16)14-12-15(22-4-8-24-9-5-22)21-17(20-14)23-6-10-25-11-7-23/h1-3,12H,4-11H2,(H2,18,19). The molecule has 0 aromatic carbocycles. The third-order valence-corrected chi connectivity index (χ3v) is 4.44. The predicted molar refractivity (Wildman–Crippen MR) is 95.7 cm³/mol. The first kappa shape index (κ1) is 16.0. The Morgan fingerprint density at radius 1 is 0.920 bits per heavy atom. The number of rotatable bonds is 3. The van der Waals surface area contributed by atoms with E-state index in [1.807, 2.05) is 18.2 Å². The van der Waals surface area contributed by atoms with Crippen molar-refractivity contribution in [1.29, 1.82) is 0 Å². The molecule has 0 amide bonds. The number of aromatic nitrogens is 3. The molecule has 0 bridgehead atoms. The van der Waals surface area contributed by atoms with Gasteiger partial charge < -0.3 is 25.0 Å². The summed E-state index contributed by atoms with van der Waals surface area (Å²) in [5, 5.41) is 0. The summed E-state index contributed by atoms with van der Waals surface area (Å²) in [5.74, 6) is 2.09. The van der Waals surface area contributed by atoms with E-state index in [1.165, 1.54) is 0 Å². The molecule has 2 fully saturated rings. The Kier molecular flexibility index (Phi) is 4.62. The smallest absolute Gasteiger partial charge is 0.228 e. The summed E-state index contributed by atoms with van der Waals surface area (Å²) >= 11 is 0. The molecule has 8 heteroatoms. The van der Waals surface area contributed by atoms with Crippen LogP contribution in [0.3, 0.4) is 0 Å². The van der Waals surface area contributed by atoms with E-state index in [-0.39, 0.29) is 0 Å². The Morgan fingerprint density at radius 3 is 2.28 bits per heavy atom. The second-order valence-electron chi connectivity index (χ2n) is 6.05. The van der Waals surface area contributed by atoms with Crippen LogP contribution in [0.4, 0.5) is 17.6 Å². The molecular formula is C17H22N6O2. The highest BCUT2D eigenvalue weighted by Crippen LogP contribution is 2.28. The average molecular weight is 342 g/mol. The zero-order chi connectivity index (χ0) is 17.1.